The minimum absolute atomic E-state index is 0.00746. The van der Waals surface area contributed by atoms with Gasteiger partial charge in [0.2, 0.25) is 0 Å². The van der Waals surface area contributed by atoms with E-state index in [0.29, 0.717) is 11.3 Å². The fourth-order valence-electron chi connectivity index (χ4n) is 6.19. The van der Waals surface area contributed by atoms with Crippen LogP contribution in [-0.4, -0.2) is 84.8 Å². The second kappa shape index (κ2) is 15.6. The van der Waals surface area contributed by atoms with E-state index in [2.05, 4.69) is 31.1 Å². The predicted octanol–water partition coefficient (Wildman–Crippen LogP) is 4.96. The van der Waals surface area contributed by atoms with E-state index in [1.54, 1.807) is 29.9 Å². The smallest absolute Gasteiger partial charge is 0.355 e. The first kappa shape index (κ1) is 35.5. The summed E-state index contributed by atoms with van der Waals surface area (Å²) in [6.07, 6.45) is -4.91. The van der Waals surface area contributed by atoms with Gasteiger partial charge in [-0.15, -0.1) is 5.10 Å². The van der Waals surface area contributed by atoms with Gasteiger partial charge in [-0.05, 0) is 44.1 Å². The van der Waals surface area contributed by atoms with Crippen molar-refractivity contribution in [3.05, 3.63) is 72.2 Å². The molecule has 2 aliphatic rings. The van der Waals surface area contributed by atoms with Crippen molar-refractivity contribution in [2.45, 2.75) is 95.6 Å². The lowest BCUT2D eigenvalue weighted by molar-refractivity contribution is -0.313. The minimum atomic E-state index is -2.51. The zero-order chi connectivity index (χ0) is 34.4. The first-order chi connectivity index (χ1) is 23.1. The van der Waals surface area contributed by atoms with Crippen molar-refractivity contribution in [1.82, 2.24) is 15.0 Å². The van der Waals surface area contributed by atoms with E-state index in [9.17, 15) is 18.8 Å². The molecule has 0 aliphatic carbocycles. The average Bonchev–Trinajstić information content (AvgIpc) is 3.59. The molecule has 7 atom stereocenters. The third-order valence-corrected chi connectivity index (χ3v) is 13.7. The minimum Gasteiger partial charge on any atom is -0.463 e. The fraction of sp³-hybridized carbons (Fsp3) is 0.500. The summed E-state index contributed by atoms with van der Waals surface area (Å²) in [7, 11) is -2.51. The molecule has 0 bridgehead atoms. The Hall–Kier alpha value is -3.82. The van der Waals surface area contributed by atoms with Crippen LogP contribution in [0.1, 0.15) is 52.5 Å². The van der Waals surface area contributed by atoms with E-state index in [1.807, 2.05) is 30.3 Å². The Morgan fingerprint density at radius 1 is 1.02 bits per heavy atom. The second-order valence-electron chi connectivity index (χ2n) is 11.9. The summed E-state index contributed by atoms with van der Waals surface area (Å²) in [6, 6.07) is 16.8. The number of esters is 2. The van der Waals surface area contributed by atoms with Crippen LogP contribution in [0.2, 0.25) is 18.1 Å². The van der Waals surface area contributed by atoms with Gasteiger partial charge in [0.25, 0.3) is 6.10 Å². The van der Waals surface area contributed by atoms with Crippen molar-refractivity contribution >= 4 is 26.0 Å². The normalized spacial score (nSPS) is 24.7. The van der Waals surface area contributed by atoms with Crippen molar-refractivity contribution in [3.8, 4) is 11.3 Å². The van der Waals surface area contributed by atoms with Crippen LogP contribution in [0.15, 0.2) is 60.8 Å². The van der Waals surface area contributed by atoms with Crippen LogP contribution in [0.4, 0.5) is 4.39 Å². The van der Waals surface area contributed by atoms with Gasteiger partial charge < -0.3 is 28.1 Å². The number of rotatable bonds is 13. The van der Waals surface area contributed by atoms with E-state index < -0.39 is 74.7 Å². The number of hydrogen-bond donors (Lipinski definition) is 0. The number of ketones is 1. The maximum atomic E-state index is 14.2. The number of nitrogens with zero attached hydrogens (tertiary/aromatic N) is 3. The molecule has 258 valence electrons. The van der Waals surface area contributed by atoms with E-state index in [-0.39, 0.29) is 13.2 Å². The van der Waals surface area contributed by atoms with E-state index in [0.717, 1.165) is 30.6 Å². The quantitative estimate of drug-likeness (QED) is 0.137. The summed E-state index contributed by atoms with van der Waals surface area (Å²) in [4.78, 5) is 39.1. The molecule has 0 radical (unpaired) electrons. The van der Waals surface area contributed by atoms with Crippen LogP contribution in [-0.2, 0) is 42.5 Å². The summed E-state index contributed by atoms with van der Waals surface area (Å²) in [5.41, 5.74) is 1.68. The molecule has 0 amide bonds. The van der Waals surface area contributed by atoms with Gasteiger partial charge in [0.05, 0.1) is 19.4 Å². The highest BCUT2D eigenvalue weighted by molar-refractivity contribution is 6.73. The maximum Gasteiger partial charge on any atom is 0.355 e. The van der Waals surface area contributed by atoms with Crippen molar-refractivity contribution in [2.75, 3.05) is 13.2 Å². The molecule has 3 aromatic rings. The molecular formula is C34H42FN3O9Si. The van der Waals surface area contributed by atoms with E-state index in [4.69, 9.17) is 28.1 Å². The van der Waals surface area contributed by atoms with Gasteiger partial charge in [0.1, 0.15) is 35.9 Å². The number of fused-ring (bicyclic) bond motifs is 1. The number of Topliss-reactive ketones (excluding diaryl/α,β-unsaturated/α-hetero) is 1. The van der Waals surface area contributed by atoms with E-state index >= 15 is 0 Å². The summed E-state index contributed by atoms with van der Waals surface area (Å²) < 4.78 is 52.4. The fourth-order valence-corrected chi connectivity index (χ4v) is 9.03. The molecule has 5 rings (SSSR count). The first-order valence-electron chi connectivity index (χ1n) is 16.3. The average molecular weight is 684 g/mol. The van der Waals surface area contributed by atoms with Crippen LogP contribution >= 0.6 is 0 Å². The summed E-state index contributed by atoms with van der Waals surface area (Å²) >= 11 is 0. The third-order valence-electron chi connectivity index (χ3n) is 9.02. The molecule has 2 fully saturated rings. The zero-order valence-electron chi connectivity index (χ0n) is 27.7. The Morgan fingerprint density at radius 2 is 1.75 bits per heavy atom. The maximum absolute atomic E-state index is 14.2. The lowest BCUT2D eigenvalue weighted by Gasteiger charge is -2.50. The number of ether oxygens (including phenoxy) is 5. The molecular weight excluding hydrogens is 641 g/mol. The third kappa shape index (κ3) is 7.57. The Labute approximate surface area is 279 Å². The lowest BCUT2D eigenvalue weighted by atomic mass is 9.91. The molecule has 2 aromatic carbocycles. The predicted molar refractivity (Wildman–Crippen MR) is 172 cm³/mol. The van der Waals surface area contributed by atoms with Gasteiger partial charge in [-0.1, -0.05) is 68.4 Å². The SMILES string of the molecule is CCOC(=O)C(OC(=O)[C@@H]1O[C@@H]2CO[C@H](c3ccccc3)O[C@@H]2[C@H](n2cc(-c3cccc(F)c3)nn2)[C@H]1O[Si](CC)(CC)CC)C(C)=O. The van der Waals surface area contributed by atoms with E-state index in [1.165, 1.54) is 12.1 Å². The van der Waals surface area contributed by atoms with Gasteiger partial charge in [-0.25, -0.2) is 18.7 Å². The number of benzene rings is 2. The van der Waals surface area contributed by atoms with Crippen molar-refractivity contribution < 1.29 is 46.9 Å². The van der Waals surface area contributed by atoms with Gasteiger partial charge in [0, 0.05) is 11.1 Å². The van der Waals surface area contributed by atoms with Crippen LogP contribution in [0.3, 0.4) is 0 Å². The second-order valence-corrected chi connectivity index (χ2v) is 16.6. The molecule has 2 saturated heterocycles. The Kier molecular flexibility index (Phi) is 11.5. The summed E-state index contributed by atoms with van der Waals surface area (Å²) in [5, 5.41) is 8.80. The summed E-state index contributed by atoms with van der Waals surface area (Å²) in [5.74, 6) is -3.08. The molecule has 2 aliphatic heterocycles. The first-order valence-corrected chi connectivity index (χ1v) is 18.9. The summed E-state index contributed by atoms with van der Waals surface area (Å²) in [6.45, 7) is 8.91. The van der Waals surface area contributed by atoms with Crippen molar-refractivity contribution in [2.24, 2.45) is 0 Å². The monoisotopic (exact) mass is 683 g/mol. The number of carbonyl (C=O) groups excluding carboxylic acids is 3. The van der Waals surface area contributed by atoms with Gasteiger partial charge in [-0.3, -0.25) is 4.79 Å². The Bertz CT molecular complexity index is 1560. The van der Waals surface area contributed by atoms with Crippen LogP contribution in [0.5, 0.6) is 0 Å². The number of carbonyl (C=O) groups is 3. The molecule has 1 unspecified atom stereocenters. The molecule has 12 nitrogen and oxygen atoms in total. The van der Waals surface area contributed by atoms with Crippen molar-refractivity contribution in [1.29, 1.82) is 0 Å². The number of hydrogen-bond acceptors (Lipinski definition) is 11. The molecule has 3 heterocycles. The van der Waals surface area contributed by atoms with Gasteiger partial charge in [0.15, 0.2) is 26.5 Å². The highest BCUT2D eigenvalue weighted by atomic mass is 28.4. The number of aromatic nitrogens is 3. The molecule has 0 spiro atoms. The zero-order valence-corrected chi connectivity index (χ0v) is 28.7. The Balaban J connectivity index is 1.60. The van der Waals surface area contributed by atoms with Crippen LogP contribution < -0.4 is 0 Å². The molecule has 14 heteroatoms. The molecule has 1 aromatic heterocycles. The highest BCUT2D eigenvalue weighted by Crippen LogP contribution is 2.43. The molecule has 0 saturated carbocycles. The topological polar surface area (TPSA) is 137 Å². The van der Waals surface area contributed by atoms with Gasteiger partial charge >= 0.3 is 11.9 Å². The lowest BCUT2D eigenvalue weighted by Crippen LogP contribution is -2.64. The molecule has 48 heavy (non-hydrogen) atoms. The van der Waals surface area contributed by atoms with Crippen LogP contribution in [0, 0.1) is 5.82 Å². The standard InChI is InChI=1S/C34H42FN3O9Si/c1-6-42-32(40)28(21(5)39)45-33(41)31-30(47-48(7-2,8-3)9-4)27(38-19-25(36-37-38)23-16-13-17-24(35)18-23)29-26(44-31)20-43-34(46-29)22-14-11-10-12-15-22/h10-19,26-31,34H,6-9,20H2,1-5H3/t26-,27+,28?,29+,30-,31-,34+/m1/s1. The molecule has 0 N–H and O–H groups in total. The van der Waals surface area contributed by atoms with Gasteiger partial charge in [-0.2, -0.15) is 0 Å². The highest BCUT2D eigenvalue weighted by Gasteiger charge is 2.56. The van der Waals surface area contributed by atoms with Crippen molar-refractivity contribution in [3.63, 3.8) is 0 Å². The van der Waals surface area contributed by atoms with Crippen LogP contribution in [0.25, 0.3) is 11.3 Å². The Morgan fingerprint density at radius 3 is 2.40 bits per heavy atom. The largest absolute Gasteiger partial charge is 0.463 e. The number of halogens is 1.